The molecule has 0 bridgehead atoms. The lowest BCUT2D eigenvalue weighted by Crippen LogP contribution is -2.54. The van der Waals surface area contributed by atoms with E-state index in [2.05, 4.69) is 21.2 Å². The third-order valence-corrected chi connectivity index (χ3v) is 7.35. The van der Waals surface area contributed by atoms with Crippen LogP contribution in [0.3, 0.4) is 0 Å². The van der Waals surface area contributed by atoms with Gasteiger partial charge in [0, 0.05) is 30.7 Å². The van der Waals surface area contributed by atoms with E-state index in [-0.39, 0.29) is 18.1 Å². The molecule has 0 aliphatic carbocycles. The number of hydrogen-bond donors (Lipinski definition) is 1. The Kier molecular flexibility index (Phi) is 9.43. The first-order valence-electron chi connectivity index (χ1n) is 10.9. The highest BCUT2D eigenvalue weighted by atomic mass is 79.9. The van der Waals surface area contributed by atoms with Crippen molar-refractivity contribution in [3.05, 3.63) is 64.4 Å². The van der Waals surface area contributed by atoms with Gasteiger partial charge < -0.3 is 10.2 Å². The average molecular weight is 572 g/mol. The Hall–Kier alpha value is -2.50. The van der Waals surface area contributed by atoms with E-state index in [0.717, 1.165) is 30.8 Å². The number of halogens is 2. The number of benzene rings is 2. The number of hydrogen-bond acceptors (Lipinski definition) is 4. The van der Waals surface area contributed by atoms with Crippen molar-refractivity contribution >= 4 is 43.6 Å². The first-order chi connectivity index (χ1) is 16.1. The summed E-state index contributed by atoms with van der Waals surface area (Å²) in [6.45, 7) is 6.59. The Morgan fingerprint density at radius 1 is 1.09 bits per heavy atom. The minimum atomic E-state index is -4.10. The van der Waals surface area contributed by atoms with Crippen molar-refractivity contribution in [3.63, 3.8) is 0 Å². The molecule has 2 amide bonds. The van der Waals surface area contributed by atoms with E-state index >= 15 is 0 Å². The van der Waals surface area contributed by atoms with Crippen LogP contribution in [0.2, 0.25) is 0 Å². The van der Waals surface area contributed by atoms with Crippen molar-refractivity contribution in [1.29, 1.82) is 0 Å². The van der Waals surface area contributed by atoms with Gasteiger partial charge in [-0.15, -0.1) is 0 Å². The van der Waals surface area contributed by atoms with Crippen LogP contribution in [0.1, 0.15) is 33.3 Å². The van der Waals surface area contributed by atoms with Gasteiger partial charge in [-0.2, -0.15) is 12.7 Å². The summed E-state index contributed by atoms with van der Waals surface area (Å²) in [5.41, 5.74) is 0.360. The molecule has 0 fully saturated rings. The van der Waals surface area contributed by atoms with Crippen molar-refractivity contribution in [2.75, 3.05) is 24.9 Å². The van der Waals surface area contributed by atoms with Crippen LogP contribution in [0.25, 0.3) is 0 Å². The Bertz CT molecular complexity index is 1150. The lowest BCUT2D eigenvalue weighted by molar-refractivity contribution is -0.140. The minimum absolute atomic E-state index is 0.0796. The Labute approximate surface area is 215 Å². The van der Waals surface area contributed by atoms with Gasteiger partial charge in [0.2, 0.25) is 11.8 Å². The second-order valence-corrected chi connectivity index (χ2v) is 12.3. The summed E-state index contributed by atoms with van der Waals surface area (Å²) >= 11 is 3.41. The van der Waals surface area contributed by atoms with Crippen molar-refractivity contribution < 1.29 is 22.4 Å². The molecule has 1 atom stereocenters. The molecule has 0 aliphatic rings. The van der Waals surface area contributed by atoms with E-state index in [1.807, 2.05) is 45.0 Å². The zero-order valence-electron chi connectivity index (χ0n) is 20.7. The fourth-order valence-electron chi connectivity index (χ4n) is 3.21. The van der Waals surface area contributed by atoms with Crippen molar-refractivity contribution in [1.82, 2.24) is 14.5 Å². The van der Waals surface area contributed by atoms with Crippen molar-refractivity contribution in [2.24, 2.45) is 0 Å². The molecule has 0 spiro atoms. The number of carbonyl (C=O) groups excluding carboxylic acids is 2. The lowest BCUT2D eigenvalue weighted by Gasteiger charge is -2.34. The minimum Gasteiger partial charge on any atom is -0.350 e. The summed E-state index contributed by atoms with van der Waals surface area (Å²) in [6, 6.07) is 11.2. The summed E-state index contributed by atoms with van der Waals surface area (Å²) < 4.78 is 42.3. The van der Waals surface area contributed by atoms with Gasteiger partial charge in [-0.25, -0.2) is 8.70 Å². The van der Waals surface area contributed by atoms with Gasteiger partial charge >= 0.3 is 10.2 Å². The molecular formula is C24H32BrFN4O4S. The summed E-state index contributed by atoms with van der Waals surface area (Å²) in [5, 5.41) is 2.87. The molecule has 0 aromatic heterocycles. The van der Waals surface area contributed by atoms with E-state index in [1.54, 1.807) is 6.92 Å². The normalized spacial score (nSPS) is 12.8. The third kappa shape index (κ3) is 8.01. The molecule has 0 heterocycles. The predicted octanol–water partition coefficient (Wildman–Crippen LogP) is 3.53. The van der Waals surface area contributed by atoms with E-state index < -0.39 is 40.1 Å². The summed E-state index contributed by atoms with van der Waals surface area (Å²) in [4.78, 5) is 27.9. The van der Waals surface area contributed by atoms with Gasteiger partial charge in [-0.3, -0.25) is 9.59 Å². The van der Waals surface area contributed by atoms with Gasteiger partial charge in [0.15, 0.2) is 0 Å². The van der Waals surface area contributed by atoms with Crippen LogP contribution in [-0.4, -0.2) is 61.7 Å². The molecule has 0 radical (unpaired) electrons. The van der Waals surface area contributed by atoms with Crippen LogP contribution in [0, 0.1) is 5.82 Å². The van der Waals surface area contributed by atoms with Crippen molar-refractivity contribution in [2.45, 2.75) is 45.8 Å². The van der Waals surface area contributed by atoms with Crippen LogP contribution >= 0.6 is 15.9 Å². The number of nitrogens with one attached hydrogen (secondary N) is 1. The van der Waals surface area contributed by atoms with Gasteiger partial charge in [-0.05, 0) is 69.7 Å². The Balaban J connectivity index is 2.46. The molecule has 2 aromatic rings. The van der Waals surface area contributed by atoms with E-state index in [0.29, 0.717) is 0 Å². The molecule has 35 heavy (non-hydrogen) atoms. The third-order valence-electron chi connectivity index (χ3n) is 5.04. The second-order valence-electron chi connectivity index (χ2n) is 9.34. The smallest absolute Gasteiger partial charge is 0.304 e. The molecule has 2 aromatic carbocycles. The topological polar surface area (TPSA) is 90.0 Å². The first-order valence-corrected chi connectivity index (χ1v) is 13.1. The lowest BCUT2D eigenvalue weighted by atomic mass is 10.1. The molecule has 192 valence electrons. The number of nitrogens with zero attached hydrogens (tertiary/aromatic N) is 3. The monoisotopic (exact) mass is 570 g/mol. The fourth-order valence-corrected chi connectivity index (χ4v) is 4.72. The van der Waals surface area contributed by atoms with Crippen LogP contribution in [0.5, 0.6) is 0 Å². The number of carbonyl (C=O) groups is 2. The van der Waals surface area contributed by atoms with E-state index in [1.165, 1.54) is 31.1 Å². The number of rotatable bonds is 9. The van der Waals surface area contributed by atoms with E-state index in [9.17, 15) is 22.4 Å². The quantitative estimate of drug-likeness (QED) is 0.499. The van der Waals surface area contributed by atoms with E-state index in [4.69, 9.17) is 0 Å². The van der Waals surface area contributed by atoms with Crippen LogP contribution in [-0.2, 0) is 26.3 Å². The molecule has 11 heteroatoms. The second kappa shape index (κ2) is 11.5. The summed E-state index contributed by atoms with van der Waals surface area (Å²) in [6.07, 6.45) is 0. The largest absolute Gasteiger partial charge is 0.350 e. The summed E-state index contributed by atoms with van der Waals surface area (Å²) in [5.74, 6) is -1.49. The molecule has 0 saturated carbocycles. The van der Waals surface area contributed by atoms with Gasteiger partial charge in [-0.1, -0.05) is 28.1 Å². The highest BCUT2D eigenvalue weighted by Gasteiger charge is 2.33. The highest BCUT2D eigenvalue weighted by Crippen LogP contribution is 2.22. The molecule has 8 nitrogen and oxygen atoms in total. The molecule has 0 saturated heterocycles. The molecule has 1 unspecified atom stereocenters. The standard InChI is InChI=1S/C24H32BrFN4O4S/c1-17(23(32)27-24(2,3)4)29(15-18-8-7-9-19(25)14-18)22(31)16-30(35(33,34)28(5)6)21-12-10-20(26)11-13-21/h7-14,17H,15-16H2,1-6H3,(H,27,32). The van der Waals surface area contributed by atoms with Crippen LogP contribution in [0.4, 0.5) is 10.1 Å². The highest BCUT2D eigenvalue weighted by molar-refractivity contribution is 9.10. The SMILES string of the molecule is CC(C(=O)NC(C)(C)C)N(Cc1cccc(Br)c1)C(=O)CN(c1ccc(F)cc1)S(=O)(=O)N(C)C. The summed E-state index contributed by atoms with van der Waals surface area (Å²) in [7, 11) is -1.41. The molecule has 1 N–H and O–H groups in total. The first kappa shape index (κ1) is 28.7. The Morgan fingerprint density at radius 2 is 1.69 bits per heavy atom. The zero-order valence-corrected chi connectivity index (χ0v) is 23.2. The maximum Gasteiger partial charge on any atom is 0.304 e. The Morgan fingerprint density at radius 3 is 2.20 bits per heavy atom. The van der Waals surface area contributed by atoms with Crippen LogP contribution < -0.4 is 9.62 Å². The molecule has 2 rings (SSSR count). The predicted molar refractivity (Wildman–Crippen MR) is 138 cm³/mol. The molecule has 0 aliphatic heterocycles. The average Bonchev–Trinajstić information content (AvgIpc) is 2.74. The maximum absolute atomic E-state index is 13.6. The molecular weight excluding hydrogens is 539 g/mol. The maximum atomic E-state index is 13.6. The van der Waals surface area contributed by atoms with Crippen molar-refractivity contribution in [3.8, 4) is 0 Å². The van der Waals surface area contributed by atoms with Crippen LogP contribution in [0.15, 0.2) is 53.0 Å². The fraction of sp³-hybridized carbons (Fsp3) is 0.417. The van der Waals surface area contributed by atoms with Gasteiger partial charge in [0.25, 0.3) is 0 Å². The van der Waals surface area contributed by atoms with Gasteiger partial charge in [0.1, 0.15) is 18.4 Å². The zero-order chi connectivity index (χ0) is 26.6. The number of anilines is 1. The number of amides is 2. The van der Waals surface area contributed by atoms with Gasteiger partial charge in [0.05, 0.1) is 5.69 Å².